The Balaban J connectivity index is 1.69. The van der Waals surface area contributed by atoms with E-state index >= 15 is 0 Å². The van der Waals surface area contributed by atoms with Gasteiger partial charge in [-0.25, -0.2) is 14.6 Å². The van der Waals surface area contributed by atoms with Crippen molar-refractivity contribution in [2.24, 2.45) is 4.99 Å². The van der Waals surface area contributed by atoms with Gasteiger partial charge in [-0.3, -0.25) is 9.36 Å². The Bertz CT molecular complexity index is 1780. The summed E-state index contributed by atoms with van der Waals surface area (Å²) < 4.78 is 29.9. The molecule has 3 heterocycles. The first-order valence-electron chi connectivity index (χ1n) is 13.1. The van der Waals surface area contributed by atoms with E-state index in [1.54, 1.807) is 37.3 Å². The smallest absolute Gasteiger partial charge is 0.341 e. The van der Waals surface area contributed by atoms with Crippen LogP contribution in [0, 0.1) is 3.57 Å². The van der Waals surface area contributed by atoms with Crippen molar-refractivity contribution in [3.8, 4) is 23.0 Å². The number of hydrogen-bond acceptors (Lipinski definition) is 10. The highest BCUT2D eigenvalue weighted by atomic mass is 127. The summed E-state index contributed by atoms with van der Waals surface area (Å²) in [5.74, 6) is 0.0951. The van der Waals surface area contributed by atoms with Crippen LogP contribution < -0.4 is 33.8 Å². The van der Waals surface area contributed by atoms with Crippen LogP contribution >= 0.6 is 33.9 Å². The number of aliphatic carboxylic acids is 1. The largest absolute Gasteiger partial charge is 0.493 e. The number of rotatable bonds is 10. The molecule has 1 aromatic heterocycles. The van der Waals surface area contributed by atoms with E-state index in [4.69, 9.17) is 33.8 Å². The summed E-state index contributed by atoms with van der Waals surface area (Å²) in [6.45, 7) is 3.47. The number of carbonyl (C=O) groups excluding carboxylic acids is 1. The van der Waals surface area contributed by atoms with Gasteiger partial charge in [0.15, 0.2) is 34.4 Å². The lowest BCUT2D eigenvalue weighted by molar-refractivity contribution is -0.140. The number of esters is 1. The Labute approximate surface area is 257 Å². The van der Waals surface area contributed by atoms with E-state index < -0.39 is 24.6 Å². The fourth-order valence-corrected chi connectivity index (χ4v) is 6.57. The van der Waals surface area contributed by atoms with Gasteiger partial charge < -0.3 is 28.8 Å². The molecule has 13 heteroatoms. The predicted molar refractivity (Wildman–Crippen MR) is 161 cm³/mol. The Morgan fingerprint density at radius 2 is 2.00 bits per heavy atom. The maximum absolute atomic E-state index is 14.0. The first kappa shape index (κ1) is 29.6. The fraction of sp³-hybridized carbons (Fsp3) is 0.310. The summed E-state index contributed by atoms with van der Waals surface area (Å²) in [5, 5.41) is 9.01. The van der Waals surface area contributed by atoms with Gasteiger partial charge in [0.2, 0.25) is 6.79 Å². The number of thiazole rings is 1. The summed E-state index contributed by atoms with van der Waals surface area (Å²) in [6, 6.07) is 7.99. The maximum atomic E-state index is 14.0. The third kappa shape index (κ3) is 5.75. The molecule has 11 nitrogen and oxygen atoms in total. The summed E-state index contributed by atoms with van der Waals surface area (Å²) in [4.78, 5) is 43.7. The van der Waals surface area contributed by atoms with Gasteiger partial charge in [-0.15, -0.1) is 0 Å². The van der Waals surface area contributed by atoms with Crippen LogP contribution in [0.4, 0.5) is 0 Å². The number of carboxylic acid groups (broad SMARTS) is 1. The van der Waals surface area contributed by atoms with Crippen molar-refractivity contribution < 1.29 is 38.4 Å². The number of benzene rings is 2. The van der Waals surface area contributed by atoms with Crippen LogP contribution in [0.5, 0.6) is 23.0 Å². The quantitative estimate of drug-likeness (QED) is 0.249. The number of hydrogen-bond donors (Lipinski definition) is 1. The molecule has 220 valence electrons. The topological polar surface area (TPSA) is 135 Å². The molecule has 0 radical (unpaired) electrons. The summed E-state index contributed by atoms with van der Waals surface area (Å²) >= 11 is 3.24. The molecule has 1 N–H and O–H groups in total. The van der Waals surface area contributed by atoms with Crippen molar-refractivity contribution in [3.05, 3.63) is 76.0 Å². The van der Waals surface area contributed by atoms with Crippen molar-refractivity contribution in [1.29, 1.82) is 0 Å². The molecule has 0 spiro atoms. The molecule has 2 aliphatic rings. The maximum Gasteiger partial charge on any atom is 0.341 e. The summed E-state index contributed by atoms with van der Waals surface area (Å²) in [6.07, 6.45) is 2.96. The number of carbonyl (C=O) groups is 2. The van der Waals surface area contributed by atoms with Crippen LogP contribution in [0.3, 0.4) is 0 Å². The lowest BCUT2D eigenvalue weighted by Gasteiger charge is -2.25. The van der Waals surface area contributed by atoms with E-state index in [9.17, 15) is 14.4 Å². The monoisotopic (exact) mass is 706 g/mol. The molecular formula is C29H27IN2O9S. The summed E-state index contributed by atoms with van der Waals surface area (Å²) in [7, 11) is 1.45. The second kappa shape index (κ2) is 12.6. The molecule has 0 saturated carbocycles. The molecule has 0 bridgehead atoms. The molecule has 0 unspecified atom stereocenters. The average molecular weight is 707 g/mol. The van der Waals surface area contributed by atoms with E-state index in [2.05, 4.69) is 0 Å². The van der Waals surface area contributed by atoms with E-state index in [1.807, 2.05) is 35.6 Å². The molecule has 42 heavy (non-hydrogen) atoms. The zero-order valence-corrected chi connectivity index (χ0v) is 25.9. The van der Waals surface area contributed by atoms with E-state index in [1.165, 1.54) is 23.0 Å². The molecule has 0 amide bonds. The second-order valence-electron chi connectivity index (χ2n) is 9.24. The normalized spacial score (nSPS) is 15.7. The Hall–Kier alpha value is -3.85. The number of methoxy groups -OCH3 is 1. The lowest BCUT2D eigenvalue weighted by atomic mass is 9.94. The van der Waals surface area contributed by atoms with Crippen LogP contribution in [0.15, 0.2) is 51.4 Å². The van der Waals surface area contributed by atoms with E-state index in [-0.39, 0.29) is 19.0 Å². The van der Waals surface area contributed by atoms with Gasteiger partial charge in [-0.1, -0.05) is 30.7 Å². The van der Waals surface area contributed by atoms with Gasteiger partial charge in [0.1, 0.15) is 0 Å². The number of nitrogens with zero attached hydrogens (tertiary/aromatic N) is 2. The van der Waals surface area contributed by atoms with Crippen LogP contribution in [-0.2, 0) is 14.3 Å². The van der Waals surface area contributed by atoms with Crippen molar-refractivity contribution in [3.63, 3.8) is 0 Å². The van der Waals surface area contributed by atoms with Gasteiger partial charge in [0.25, 0.3) is 5.56 Å². The minimum atomic E-state index is -1.11. The highest BCUT2D eigenvalue weighted by molar-refractivity contribution is 14.1. The number of allylic oxidation sites excluding steroid dienone is 1. The van der Waals surface area contributed by atoms with E-state index in [0.717, 1.165) is 6.42 Å². The van der Waals surface area contributed by atoms with Crippen LogP contribution in [-0.4, -0.2) is 48.7 Å². The van der Waals surface area contributed by atoms with Crippen molar-refractivity contribution in [2.45, 2.75) is 32.7 Å². The highest BCUT2D eigenvalue weighted by Gasteiger charge is 2.35. The molecular weight excluding hydrogens is 679 g/mol. The van der Waals surface area contributed by atoms with Crippen molar-refractivity contribution in [1.82, 2.24) is 4.57 Å². The van der Waals surface area contributed by atoms with Crippen molar-refractivity contribution >= 4 is 51.9 Å². The molecule has 2 aliphatic heterocycles. The van der Waals surface area contributed by atoms with Crippen LogP contribution in [0.2, 0.25) is 0 Å². The minimum absolute atomic E-state index is 0.0889. The number of fused-ring (bicyclic) bond motifs is 2. The Morgan fingerprint density at radius 3 is 2.71 bits per heavy atom. The van der Waals surface area contributed by atoms with Gasteiger partial charge in [-0.05, 0) is 77.4 Å². The number of ether oxygens (including phenoxy) is 5. The summed E-state index contributed by atoms with van der Waals surface area (Å²) in [5.41, 5.74) is 1.85. The zero-order chi connectivity index (χ0) is 30.0. The lowest BCUT2D eigenvalue weighted by Crippen LogP contribution is -2.40. The Morgan fingerprint density at radius 1 is 1.21 bits per heavy atom. The van der Waals surface area contributed by atoms with Gasteiger partial charge in [0, 0.05) is 0 Å². The van der Waals surface area contributed by atoms with Crippen molar-refractivity contribution in [2.75, 3.05) is 27.1 Å². The second-order valence-corrected chi connectivity index (χ2v) is 11.4. The highest BCUT2D eigenvalue weighted by Crippen LogP contribution is 2.39. The van der Waals surface area contributed by atoms with Gasteiger partial charge in [0.05, 0.1) is 39.1 Å². The van der Waals surface area contributed by atoms with Crippen LogP contribution in [0.25, 0.3) is 6.08 Å². The Kier molecular flexibility index (Phi) is 8.87. The first-order valence-corrected chi connectivity index (χ1v) is 15.0. The molecule has 0 fully saturated rings. The number of aromatic nitrogens is 1. The molecule has 0 saturated heterocycles. The number of halogens is 1. The minimum Gasteiger partial charge on any atom is -0.493 e. The standard InChI is InChI=1S/C29H27IN2O9S/c1-4-6-18-24(28(36)38-5-2)25(16-7-8-19-20(12-16)41-14-40-19)32-27(35)22(42-29(32)31-18)11-15-9-17(30)26(21(10-15)37-3)39-13-23(33)34/h7-12,25H,4-6,13-14H2,1-3H3,(H,33,34)/b22-11-/t25-/m0/s1. The van der Waals surface area contributed by atoms with Gasteiger partial charge >= 0.3 is 11.9 Å². The zero-order valence-electron chi connectivity index (χ0n) is 23.0. The number of carboxylic acids is 1. The van der Waals surface area contributed by atoms with E-state index in [0.29, 0.717) is 64.7 Å². The average Bonchev–Trinajstić information content (AvgIpc) is 3.55. The molecule has 1 atom stereocenters. The van der Waals surface area contributed by atoms with Crippen LogP contribution in [0.1, 0.15) is 43.9 Å². The van der Waals surface area contributed by atoms with Gasteiger partial charge in [-0.2, -0.15) is 0 Å². The molecule has 3 aromatic rings. The SMILES string of the molecule is CCCC1=C(C(=O)OCC)[C@H](c2ccc3c(c2)OCO3)n2c(s/c(=C\c3cc(I)c(OCC(=O)O)c(OC)c3)c2=O)=N1. The molecule has 5 rings (SSSR count). The predicted octanol–water partition coefficient (Wildman–Crippen LogP) is 3.38. The third-order valence-electron chi connectivity index (χ3n) is 6.49. The first-order chi connectivity index (χ1) is 20.2. The molecule has 2 aromatic carbocycles. The third-order valence-corrected chi connectivity index (χ3v) is 8.28. The fourth-order valence-electron chi connectivity index (χ4n) is 4.77. The molecule has 0 aliphatic carbocycles.